The molecule has 1 atom stereocenters. The monoisotopic (exact) mass is 421 g/mol. The van der Waals surface area contributed by atoms with Crippen LogP contribution in [0.1, 0.15) is 24.5 Å². The van der Waals surface area contributed by atoms with E-state index in [1.807, 2.05) is 30.0 Å². The lowest BCUT2D eigenvalue weighted by atomic mass is 9.96. The van der Waals surface area contributed by atoms with Crippen molar-refractivity contribution >= 4 is 39.0 Å². The van der Waals surface area contributed by atoms with Crippen LogP contribution >= 0.6 is 27.5 Å². The Morgan fingerprint density at radius 1 is 1.24 bits per heavy atom. The van der Waals surface area contributed by atoms with Crippen LogP contribution in [0.5, 0.6) is 0 Å². The molecule has 0 bridgehead atoms. The van der Waals surface area contributed by atoms with Crippen molar-refractivity contribution in [1.29, 1.82) is 0 Å². The molecular weight excluding hydrogens is 405 g/mol. The van der Waals surface area contributed by atoms with Gasteiger partial charge < -0.3 is 4.90 Å². The van der Waals surface area contributed by atoms with Crippen LogP contribution in [0.4, 0.5) is 4.39 Å². The molecule has 0 N–H and O–H groups in total. The Morgan fingerprint density at radius 3 is 2.64 bits per heavy atom. The van der Waals surface area contributed by atoms with E-state index in [0.29, 0.717) is 28.6 Å². The van der Waals surface area contributed by atoms with Crippen molar-refractivity contribution in [3.8, 4) is 0 Å². The maximum absolute atomic E-state index is 14.4. The largest absolute Gasteiger partial charge is 0.336 e. The van der Waals surface area contributed by atoms with E-state index in [2.05, 4.69) is 28.1 Å². The van der Waals surface area contributed by atoms with Gasteiger partial charge in [0.2, 0.25) is 5.91 Å². The van der Waals surface area contributed by atoms with Gasteiger partial charge in [-0.1, -0.05) is 57.9 Å². The zero-order valence-electron chi connectivity index (χ0n) is 13.8. The standard InChI is InChI=1S/C20H18BrClFNO/c1-13(11-14-5-3-2-4-6-14)24-10-9-15(12-18(24)25)19-16(21)7-8-17(22)20(19)23/h2-8,12-13H,9-11H2,1H3. The van der Waals surface area contributed by atoms with Gasteiger partial charge in [0.25, 0.3) is 0 Å². The van der Waals surface area contributed by atoms with Crippen LogP contribution in [0.15, 0.2) is 53.0 Å². The summed E-state index contributed by atoms with van der Waals surface area (Å²) in [5, 5.41) is 0.0615. The summed E-state index contributed by atoms with van der Waals surface area (Å²) < 4.78 is 15.0. The second-order valence-electron chi connectivity index (χ2n) is 6.21. The molecular formula is C20H18BrClFNO. The number of halogens is 3. The first-order chi connectivity index (χ1) is 12.0. The predicted octanol–water partition coefficient (Wildman–Crippen LogP) is 5.49. The van der Waals surface area contributed by atoms with Crippen molar-refractivity contribution in [2.45, 2.75) is 25.8 Å². The van der Waals surface area contributed by atoms with Crippen LogP contribution in [0.25, 0.3) is 5.57 Å². The van der Waals surface area contributed by atoms with Gasteiger partial charge in [-0.15, -0.1) is 0 Å². The average molecular weight is 423 g/mol. The van der Waals surface area contributed by atoms with E-state index in [-0.39, 0.29) is 17.0 Å². The van der Waals surface area contributed by atoms with Gasteiger partial charge in [0.15, 0.2) is 0 Å². The third kappa shape index (κ3) is 3.96. The number of rotatable bonds is 4. The summed E-state index contributed by atoms with van der Waals surface area (Å²) in [4.78, 5) is 14.4. The summed E-state index contributed by atoms with van der Waals surface area (Å²) in [5.74, 6) is -0.572. The number of carbonyl (C=O) groups is 1. The Hall–Kier alpha value is -1.65. The van der Waals surface area contributed by atoms with Gasteiger partial charge in [-0.25, -0.2) is 4.39 Å². The van der Waals surface area contributed by atoms with E-state index in [0.717, 1.165) is 6.42 Å². The van der Waals surface area contributed by atoms with Crippen LogP contribution in [0.3, 0.4) is 0 Å². The Morgan fingerprint density at radius 2 is 1.96 bits per heavy atom. The zero-order valence-corrected chi connectivity index (χ0v) is 16.1. The molecule has 0 saturated heterocycles. The normalized spacial score (nSPS) is 15.9. The van der Waals surface area contributed by atoms with E-state index in [1.54, 1.807) is 6.07 Å². The highest BCUT2D eigenvalue weighted by molar-refractivity contribution is 9.10. The number of carbonyl (C=O) groups excluding carboxylic acids is 1. The fourth-order valence-electron chi connectivity index (χ4n) is 3.18. The van der Waals surface area contributed by atoms with Crippen molar-refractivity contribution in [2.75, 3.05) is 6.54 Å². The molecule has 130 valence electrons. The van der Waals surface area contributed by atoms with Crippen molar-refractivity contribution in [2.24, 2.45) is 0 Å². The molecule has 2 nitrogen and oxygen atoms in total. The molecule has 0 saturated carbocycles. The minimum atomic E-state index is -0.485. The Bertz CT molecular complexity index is 822. The average Bonchev–Trinajstić information content (AvgIpc) is 2.59. The first-order valence-electron chi connectivity index (χ1n) is 8.16. The van der Waals surface area contributed by atoms with Crippen molar-refractivity contribution in [1.82, 2.24) is 4.90 Å². The molecule has 3 rings (SSSR count). The molecule has 5 heteroatoms. The van der Waals surface area contributed by atoms with Crippen LogP contribution in [0, 0.1) is 5.82 Å². The van der Waals surface area contributed by atoms with Gasteiger partial charge in [-0.3, -0.25) is 4.79 Å². The summed E-state index contributed by atoms with van der Waals surface area (Å²) in [5.41, 5.74) is 2.26. The van der Waals surface area contributed by atoms with Gasteiger partial charge in [0, 0.05) is 28.7 Å². The smallest absolute Gasteiger partial charge is 0.247 e. The molecule has 0 aromatic heterocycles. The van der Waals surface area contributed by atoms with Crippen LogP contribution in [-0.2, 0) is 11.2 Å². The van der Waals surface area contributed by atoms with Crippen LogP contribution < -0.4 is 0 Å². The SMILES string of the molecule is CC(Cc1ccccc1)N1CCC(c2c(Br)ccc(Cl)c2F)=CC1=O. The fraction of sp³-hybridized carbons (Fsp3) is 0.250. The van der Waals surface area contributed by atoms with Gasteiger partial charge in [0.05, 0.1) is 5.02 Å². The Kier molecular flexibility index (Phi) is 5.60. The lowest BCUT2D eigenvalue weighted by Gasteiger charge is -2.32. The number of amides is 1. The molecule has 1 aliphatic heterocycles. The lowest BCUT2D eigenvalue weighted by Crippen LogP contribution is -2.41. The Labute approximate surface area is 160 Å². The lowest BCUT2D eigenvalue weighted by molar-refractivity contribution is -0.128. The Balaban J connectivity index is 1.80. The summed E-state index contributed by atoms with van der Waals surface area (Å²) >= 11 is 9.25. The number of benzene rings is 2. The predicted molar refractivity (Wildman–Crippen MR) is 103 cm³/mol. The molecule has 1 amide bonds. The molecule has 1 aliphatic rings. The number of hydrogen-bond donors (Lipinski definition) is 0. The van der Waals surface area contributed by atoms with Crippen LogP contribution in [0.2, 0.25) is 5.02 Å². The maximum Gasteiger partial charge on any atom is 0.247 e. The molecule has 0 aliphatic carbocycles. The molecule has 0 fully saturated rings. The first kappa shape index (κ1) is 18.2. The number of hydrogen-bond acceptors (Lipinski definition) is 1. The van der Waals surface area contributed by atoms with Gasteiger partial charge in [-0.2, -0.15) is 0 Å². The molecule has 1 heterocycles. The highest BCUT2D eigenvalue weighted by Crippen LogP contribution is 2.35. The molecule has 2 aromatic rings. The highest BCUT2D eigenvalue weighted by Gasteiger charge is 2.26. The molecule has 0 radical (unpaired) electrons. The minimum Gasteiger partial charge on any atom is -0.336 e. The van der Waals surface area contributed by atoms with E-state index in [9.17, 15) is 9.18 Å². The van der Waals surface area contributed by atoms with Crippen molar-refractivity contribution in [3.05, 3.63) is 75.0 Å². The second kappa shape index (κ2) is 7.71. The topological polar surface area (TPSA) is 20.3 Å². The summed E-state index contributed by atoms with van der Waals surface area (Å²) in [6.07, 6.45) is 2.93. The zero-order chi connectivity index (χ0) is 18.0. The molecule has 1 unspecified atom stereocenters. The van der Waals surface area contributed by atoms with E-state index >= 15 is 0 Å². The maximum atomic E-state index is 14.4. The minimum absolute atomic E-state index is 0.0615. The molecule has 25 heavy (non-hydrogen) atoms. The summed E-state index contributed by atoms with van der Waals surface area (Å²) in [6, 6.07) is 13.4. The van der Waals surface area contributed by atoms with E-state index in [1.165, 1.54) is 17.7 Å². The van der Waals surface area contributed by atoms with E-state index < -0.39 is 5.82 Å². The molecule has 2 aromatic carbocycles. The van der Waals surface area contributed by atoms with Crippen LogP contribution in [-0.4, -0.2) is 23.4 Å². The van der Waals surface area contributed by atoms with Gasteiger partial charge in [0.1, 0.15) is 5.82 Å². The van der Waals surface area contributed by atoms with Crippen molar-refractivity contribution in [3.63, 3.8) is 0 Å². The highest BCUT2D eigenvalue weighted by atomic mass is 79.9. The summed E-state index contributed by atoms with van der Waals surface area (Å²) in [7, 11) is 0. The second-order valence-corrected chi connectivity index (χ2v) is 7.47. The van der Waals surface area contributed by atoms with Crippen molar-refractivity contribution < 1.29 is 9.18 Å². The third-order valence-corrected chi connectivity index (χ3v) is 5.43. The first-order valence-corrected chi connectivity index (χ1v) is 9.33. The molecule has 0 spiro atoms. The van der Waals surface area contributed by atoms with Gasteiger partial charge in [-0.05, 0) is 43.0 Å². The third-order valence-electron chi connectivity index (χ3n) is 4.47. The summed E-state index contributed by atoms with van der Waals surface area (Å²) in [6.45, 7) is 2.61. The quantitative estimate of drug-likeness (QED) is 0.597. The fourth-order valence-corrected chi connectivity index (χ4v) is 3.90. The number of nitrogens with zero attached hydrogens (tertiary/aromatic N) is 1. The van der Waals surface area contributed by atoms with E-state index in [4.69, 9.17) is 11.6 Å². The van der Waals surface area contributed by atoms with Gasteiger partial charge >= 0.3 is 0 Å².